The molecule has 2 bridgehead atoms. The van der Waals surface area contributed by atoms with Gasteiger partial charge in [0, 0.05) is 7.11 Å². The first kappa shape index (κ1) is 12.0. The van der Waals surface area contributed by atoms with Crippen molar-refractivity contribution in [2.24, 2.45) is 28.6 Å². The summed E-state index contributed by atoms with van der Waals surface area (Å²) in [4.78, 5) is 0. The highest BCUT2D eigenvalue weighted by Gasteiger charge is 2.68. The van der Waals surface area contributed by atoms with Crippen molar-refractivity contribution in [1.29, 1.82) is 0 Å². The summed E-state index contributed by atoms with van der Waals surface area (Å²) in [5.41, 5.74) is 1.29. The Hall–Kier alpha value is -0.0400. The monoisotopic (exact) mass is 236 g/mol. The lowest BCUT2D eigenvalue weighted by molar-refractivity contribution is -0.100. The molecule has 17 heavy (non-hydrogen) atoms. The molecule has 98 valence electrons. The summed E-state index contributed by atoms with van der Waals surface area (Å²) in [5, 5.41) is 0. The van der Waals surface area contributed by atoms with E-state index in [4.69, 9.17) is 4.74 Å². The van der Waals surface area contributed by atoms with Gasteiger partial charge in [-0.1, -0.05) is 20.8 Å². The quantitative estimate of drug-likeness (QED) is 0.661. The largest absolute Gasteiger partial charge is 0.378 e. The van der Waals surface area contributed by atoms with Gasteiger partial charge in [0.05, 0.1) is 5.60 Å². The first-order valence-electron chi connectivity index (χ1n) is 7.42. The van der Waals surface area contributed by atoms with Crippen LogP contribution < -0.4 is 0 Å². The number of ether oxygens (including phenoxy) is 1. The van der Waals surface area contributed by atoms with Crippen LogP contribution in [0.4, 0.5) is 0 Å². The Balaban J connectivity index is 2.04. The van der Waals surface area contributed by atoms with Crippen molar-refractivity contribution in [2.45, 2.75) is 65.4 Å². The molecule has 0 aromatic carbocycles. The van der Waals surface area contributed by atoms with E-state index in [-0.39, 0.29) is 5.60 Å². The van der Waals surface area contributed by atoms with Crippen LogP contribution in [0.5, 0.6) is 0 Å². The molecule has 0 unspecified atom stereocenters. The highest BCUT2D eigenvalue weighted by atomic mass is 16.5. The average molecular weight is 236 g/mol. The summed E-state index contributed by atoms with van der Waals surface area (Å²) >= 11 is 0. The molecule has 0 aromatic rings. The molecule has 0 amide bonds. The maximum atomic E-state index is 5.94. The molecule has 0 aliphatic heterocycles. The molecular formula is C16H28O. The van der Waals surface area contributed by atoms with Crippen LogP contribution in [0.2, 0.25) is 0 Å². The van der Waals surface area contributed by atoms with Gasteiger partial charge >= 0.3 is 0 Å². The van der Waals surface area contributed by atoms with Crippen LogP contribution in [0.3, 0.4) is 0 Å². The van der Waals surface area contributed by atoms with Crippen LogP contribution in [-0.4, -0.2) is 12.7 Å². The summed E-state index contributed by atoms with van der Waals surface area (Å²) < 4.78 is 5.94. The molecule has 3 aliphatic carbocycles. The zero-order valence-corrected chi connectivity index (χ0v) is 12.2. The van der Waals surface area contributed by atoms with E-state index in [2.05, 4.69) is 27.7 Å². The number of hydrogen-bond donors (Lipinski definition) is 0. The predicted octanol–water partition coefficient (Wildman–Crippen LogP) is 4.26. The van der Waals surface area contributed by atoms with Crippen LogP contribution >= 0.6 is 0 Å². The fraction of sp³-hybridized carbons (Fsp3) is 1.00. The Kier molecular flexibility index (Phi) is 2.32. The summed E-state index contributed by atoms with van der Waals surface area (Å²) in [5.74, 6) is 2.66. The van der Waals surface area contributed by atoms with Crippen molar-refractivity contribution in [3.8, 4) is 0 Å². The van der Waals surface area contributed by atoms with E-state index in [1.165, 1.54) is 32.1 Å². The fourth-order valence-electron chi connectivity index (χ4n) is 6.10. The number of fused-ring (bicyclic) bond motifs is 1. The smallest absolute Gasteiger partial charge is 0.0684 e. The molecule has 0 saturated heterocycles. The van der Waals surface area contributed by atoms with Crippen molar-refractivity contribution < 1.29 is 4.74 Å². The van der Waals surface area contributed by atoms with Crippen molar-refractivity contribution >= 4 is 0 Å². The first-order chi connectivity index (χ1) is 7.87. The van der Waals surface area contributed by atoms with Crippen LogP contribution in [-0.2, 0) is 4.74 Å². The molecule has 1 spiro atoms. The summed E-state index contributed by atoms with van der Waals surface area (Å²) in [7, 11) is 1.92. The van der Waals surface area contributed by atoms with Gasteiger partial charge in [-0.3, -0.25) is 0 Å². The van der Waals surface area contributed by atoms with Crippen LogP contribution in [0.15, 0.2) is 0 Å². The number of methoxy groups -OCH3 is 1. The summed E-state index contributed by atoms with van der Waals surface area (Å²) in [6.07, 6.45) is 7.03. The molecule has 5 atom stereocenters. The molecule has 0 heterocycles. The summed E-state index contributed by atoms with van der Waals surface area (Å²) in [6, 6.07) is 0. The van der Waals surface area contributed by atoms with Crippen molar-refractivity contribution in [3.05, 3.63) is 0 Å². The second-order valence-electron chi connectivity index (χ2n) is 7.86. The fourth-order valence-corrected chi connectivity index (χ4v) is 6.10. The molecular weight excluding hydrogens is 208 g/mol. The van der Waals surface area contributed by atoms with Crippen molar-refractivity contribution in [3.63, 3.8) is 0 Å². The number of hydrogen-bond acceptors (Lipinski definition) is 1. The molecule has 3 fully saturated rings. The lowest BCUT2D eigenvalue weighted by Gasteiger charge is -2.46. The maximum absolute atomic E-state index is 5.94. The molecule has 3 saturated carbocycles. The lowest BCUT2D eigenvalue weighted by Crippen LogP contribution is -2.45. The van der Waals surface area contributed by atoms with Gasteiger partial charge in [-0.2, -0.15) is 0 Å². The van der Waals surface area contributed by atoms with Crippen molar-refractivity contribution in [1.82, 2.24) is 0 Å². The summed E-state index contributed by atoms with van der Waals surface area (Å²) in [6.45, 7) is 9.90. The van der Waals surface area contributed by atoms with Gasteiger partial charge in [0.15, 0.2) is 0 Å². The van der Waals surface area contributed by atoms with Gasteiger partial charge in [-0.25, -0.2) is 0 Å². The Labute approximate surface area is 106 Å². The van der Waals surface area contributed by atoms with E-state index in [1.54, 1.807) is 0 Å². The van der Waals surface area contributed by atoms with Gasteiger partial charge in [0.25, 0.3) is 0 Å². The third-order valence-electron chi connectivity index (χ3n) is 7.23. The van der Waals surface area contributed by atoms with E-state index in [9.17, 15) is 0 Å². The van der Waals surface area contributed by atoms with Crippen LogP contribution in [0.1, 0.15) is 59.8 Å². The zero-order valence-electron chi connectivity index (χ0n) is 12.2. The SMILES string of the molecule is CO[C@]1(C)CC[C@@]23C[C@H]1C(C)(C)[C@H]2CC[C@H]3C. The van der Waals surface area contributed by atoms with E-state index in [1.807, 2.05) is 7.11 Å². The number of rotatable bonds is 1. The van der Waals surface area contributed by atoms with Gasteiger partial charge in [0.2, 0.25) is 0 Å². The minimum atomic E-state index is 0.138. The van der Waals surface area contributed by atoms with E-state index in [0.29, 0.717) is 10.8 Å². The van der Waals surface area contributed by atoms with Crippen LogP contribution in [0, 0.1) is 28.6 Å². The van der Waals surface area contributed by atoms with Gasteiger partial charge in [0.1, 0.15) is 0 Å². The predicted molar refractivity (Wildman–Crippen MR) is 70.9 cm³/mol. The normalized spacial score (nSPS) is 55.9. The first-order valence-corrected chi connectivity index (χ1v) is 7.42. The zero-order chi connectivity index (χ0) is 12.5. The highest BCUT2D eigenvalue weighted by molar-refractivity contribution is 5.17. The van der Waals surface area contributed by atoms with Gasteiger partial charge < -0.3 is 4.74 Å². The Morgan fingerprint density at radius 1 is 1.00 bits per heavy atom. The second kappa shape index (κ2) is 3.29. The Morgan fingerprint density at radius 2 is 1.71 bits per heavy atom. The van der Waals surface area contributed by atoms with Gasteiger partial charge in [-0.15, -0.1) is 0 Å². The minimum absolute atomic E-state index is 0.138. The Bertz CT molecular complexity index is 334. The standard InChI is InChI=1S/C16H28O/c1-11-6-7-12-14(2,3)13-10-16(11,12)9-8-15(13,4)17-5/h11-13H,6-10H2,1-5H3/t11-,12-,13+,15-,16+/m1/s1. The van der Waals surface area contributed by atoms with E-state index < -0.39 is 0 Å². The molecule has 0 N–H and O–H groups in total. The van der Waals surface area contributed by atoms with E-state index >= 15 is 0 Å². The molecule has 0 aromatic heterocycles. The highest BCUT2D eigenvalue weighted by Crippen LogP contribution is 2.73. The maximum Gasteiger partial charge on any atom is 0.0684 e. The average Bonchev–Trinajstić information content (AvgIpc) is 2.70. The molecule has 1 heteroatoms. The second-order valence-corrected chi connectivity index (χ2v) is 7.86. The topological polar surface area (TPSA) is 9.23 Å². The van der Waals surface area contributed by atoms with E-state index in [0.717, 1.165) is 17.8 Å². The molecule has 3 aliphatic rings. The third-order valence-corrected chi connectivity index (χ3v) is 7.23. The minimum Gasteiger partial charge on any atom is -0.378 e. The third kappa shape index (κ3) is 1.25. The molecule has 0 radical (unpaired) electrons. The van der Waals surface area contributed by atoms with Crippen LogP contribution in [0.25, 0.3) is 0 Å². The lowest BCUT2D eigenvalue weighted by atomic mass is 9.64. The molecule has 1 nitrogen and oxygen atoms in total. The van der Waals surface area contributed by atoms with Crippen molar-refractivity contribution in [2.75, 3.05) is 7.11 Å². The van der Waals surface area contributed by atoms with Gasteiger partial charge in [-0.05, 0) is 67.6 Å². The molecule has 3 rings (SSSR count). The Morgan fingerprint density at radius 3 is 2.35 bits per heavy atom.